The van der Waals surface area contributed by atoms with Gasteiger partial charge in [0, 0.05) is 4.86 Å². The lowest BCUT2D eigenvalue weighted by molar-refractivity contribution is 1.33. The summed E-state index contributed by atoms with van der Waals surface area (Å²) in [5.74, 6) is 0.428. The Kier molecular flexibility index (Phi) is 3.24. The molecule has 0 aliphatic carbocycles. The molecule has 0 unspecified atom stereocenters. The summed E-state index contributed by atoms with van der Waals surface area (Å²) in [6, 6.07) is 6.18. The summed E-state index contributed by atoms with van der Waals surface area (Å²) in [6.45, 7) is 4.17. The van der Waals surface area contributed by atoms with Gasteiger partial charge in [0.1, 0.15) is 0 Å². The Bertz CT molecular complexity index is 305. The Labute approximate surface area is 83.6 Å². The van der Waals surface area contributed by atoms with Crippen LogP contribution in [0.2, 0.25) is 0 Å². The molecule has 0 saturated heterocycles. The molecule has 0 amide bonds. The van der Waals surface area contributed by atoms with E-state index in [-0.39, 0.29) is 0 Å². The van der Waals surface area contributed by atoms with Crippen LogP contribution >= 0.6 is 23.8 Å². The molecule has 0 saturated carbocycles. The predicted octanol–water partition coefficient (Wildman–Crippen LogP) is 3.26. The van der Waals surface area contributed by atoms with E-state index in [9.17, 15) is 0 Å². The molecule has 0 aliphatic heterocycles. The highest BCUT2D eigenvalue weighted by atomic mass is 35.5. The highest BCUT2D eigenvalue weighted by molar-refractivity contribution is 7.81. The lowest BCUT2D eigenvalue weighted by Crippen LogP contribution is -1.99. The molecule has 1 rings (SSSR count). The Hall–Kier alpha value is -0.400. The fourth-order valence-electron chi connectivity index (χ4n) is 0.992. The molecule has 0 nitrogen and oxygen atoms in total. The van der Waals surface area contributed by atoms with Crippen LogP contribution in [0.15, 0.2) is 18.2 Å². The third-order valence-electron chi connectivity index (χ3n) is 1.95. The minimum atomic E-state index is 0.428. The van der Waals surface area contributed by atoms with Gasteiger partial charge in [0.2, 0.25) is 0 Å². The first kappa shape index (κ1) is 9.69. The van der Waals surface area contributed by atoms with Crippen molar-refractivity contribution in [1.82, 2.24) is 0 Å². The van der Waals surface area contributed by atoms with Crippen LogP contribution in [-0.2, 0) is 0 Å². The standard InChI is InChI=1S/C10H11ClS/c1-7-3-4-9(5-8(7)2)10(12)6-11/h3-5H,6H2,1-2H3. The van der Waals surface area contributed by atoms with Crippen molar-refractivity contribution in [3.05, 3.63) is 34.9 Å². The maximum absolute atomic E-state index is 5.64. The number of alkyl halides is 1. The molecule has 2 heteroatoms. The van der Waals surface area contributed by atoms with E-state index in [4.69, 9.17) is 23.8 Å². The molecule has 0 fully saturated rings. The summed E-state index contributed by atoms with van der Waals surface area (Å²) >= 11 is 10.7. The smallest absolute Gasteiger partial charge is 0.0582 e. The fourth-order valence-corrected chi connectivity index (χ4v) is 1.27. The van der Waals surface area contributed by atoms with Crippen LogP contribution < -0.4 is 0 Å². The first-order valence-electron chi connectivity index (χ1n) is 3.81. The zero-order valence-electron chi connectivity index (χ0n) is 7.23. The molecule has 12 heavy (non-hydrogen) atoms. The van der Waals surface area contributed by atoms with E-state index in [1.807, 2.05) is 6.07 Å². The predicted molar refractivity (Wildman–Crippen MR) is 58.3 cm³/mol. The zero-order valence-corrected chi connectivity index (χ0v) is 8.80. The molecular formula is C10H11ClS. The number of benzene rings is 1. The van der Waals surface area contributed by atoms with Gasteiger partial charge in [0.05, 0.1) is 5.88 Å². The number of thiocarbonyl (C=S) groups is 1. The second kappa shape index (κ2) is 4.01. The van der Waals surface area contributed by atoms with Crippen molar-refractivity contribution < 1.29 is 0 Å². The van der Waals surface area contributed by atoms with Crippen LogP contribution in [-0.4, -0.2) is 10.7 Å². The van der Waals surface area contributed by atoms with E-state index in [1.54, 1.807) is 0 Å². The SMILES string of the molecule is Cc1ccc(C(=S)CCl)cc1C. The van der Waals surface area contributed by atoms with Crippen LogP contribution in [0.4, 0.5) is 0 Å². The quantitative estimate of drug-likeness (QED) is 0.400. The maximum Gasteiger partial charge on any atom is 0.0582 e. The Morgan fingerprint density at radius 2 is 2.00 bits per heavy atom. The van der Waals surface area contributed by atoms with E-state index < -0.39 is 0 Å². The summed E-state index contributed by atoms with van der Waals surface area (Å²) in [7, 11) is 0. The minimum Gasteiger partial charge on any atom is -0.121 e. The van der Waals surface area contributed by atoms with Gasteiger partial charge in [0.15, 0.2) is 0 Å². The van der Waals surface area contributed by atoms with E-state index in [0.717, 1.165) is 10.4 Å². The number of halogens is 1. The van der Waals surface area contributed by atoms with E-state index in [2.05, 4.69) is 26.0 Å². The summed E-state index contributed by atoms with van der Waals surface area (Å²) in [5, 5.41) is 0. The van der Waals surface area contributed by atoms with Crippen LogP contribution in [0, 0.1) is 13.8 Å². The highest BCUT2D eigenvalue weighted by Crippen LogP contribution is 2.11. The van der Waals surface area contributed by atoms with Gasteiger partial charge in [0.25, 0.3) is 0 Å². The largest absolute Gasteiger partial charge is 0.121 e. The van der Waals surface area contributed by atoms with Gasteiger partial charge < -0.3 is 0 Å². The molecule has 1 aromatic carbocycles. The first-order chi connectivity index (χ1) is 5.65. The minimum absolute atomic E-state index is 0.428. The van der Waals surface area contributed by atoms with Crippen molar-refractivity contribution >= 4 is 28.7 Å². The molecule has 0 bridgehead atoms. The average molecular weight is 199 g/mol. The number of hydrogen-bond acceptors (Lipinski definition) is 1. The van der Waals surface area contributed by atoms with Gasteiger partial charge in [-0.3, -0.25) is 0 Å². The van der Waals surface area contributed by atoms with Gasteiger partial charge in [-0.2, -0.15) is 0 Å². The van der Waals surface area contributed by atoms with Crippen LogP contribution in [0.5, 0.6) is 0 Å². The second-order valence-electron chi connectivity index (χ2n) is 2.86. The Balaban J connectivity index is 3.05. The van der Waals surface area contributed by atoms with Crippen molar-refractivity contribution in [2.45, 2.75) is 13.8 Å². The molecule has 64 valence electrons. The summed E-state index contributed by atoms with van der Waals surface area (Å²) in [4.78, 5) is 0.819. The molecule has 0 heterocycles. The van der Waals surface area contributed by atoms with Gasteiger partial charge in [-0.15, -0.1) is 11.6 Å². The molecule has 0 N–H and O–H groups in total. The van der Waals surface area contributed by atoms with Gasteiger partial charge >= 0.3 is 0 Å². The molecule has 1 aromatic rings. The third kappa shape index (κ3) is 2.05. The third-order valence-corrected chi connectivity index (χ3v) is 2.76. The van der Waals surface area contributed by atoms with Crippen molar-refractivity contribution in [3.8, 4) is 0 Å². The van der Waals surface area contributed by atoms with E-state index in [1.165, 1.54) is 11.1 Å². The molecule has 0 spiro atoms. The number of aryl methyl sites for hydroxylation is 2. The normalized spacial score (nSPS) is 9.92. The lowest BCUT2D eigenvalue weighted by Gasteiger charge is -2.03. The molecule has 0 aromatic heterocycles. The van der Waals surface area contributed by atoms with Crippen LogP contribution in [0.3, 0.4) is 0 Å². The van der Waals surface area contributed by atoms with Gasteiger partial charge in [-0.1, -0.05) is 30.4 Å². The van der Waals surface area contributed by atoms with E-state index in [0.29, 0.717) is 5.88 Å². The molecule has 0 atom stereocenters. The Morgan fingerprint density at radius 1 is 1.33 bits per heavy atom. The van der Waals surface area contributed by atoms with E-state index >= 15 is 0 Å². The summed E-state index contributed by atoms with van der Waals surface area (Å²) in [5.41, 5.74) is 3.62. The summed E-state index contributed by atoms with van der Waals surface area (Å²) < 4.78 is 0. The molecule has 0 aliphatic rings. The van der Waals surface area contributed by atoms with Crippen molar-refractivity contribution in [2.75, 3.05) is 5.88 Å². The number of hydrogen-bond donors (Lipinski definition) is 0. The number of rotatable bonds is 2. The fraction of sp³-hybridized carbons (Fsp3) is 0.300. The van der Waals surface area contributed by atoms with Crippen LogP contribution in [0.1, 0.15) is 16.7 Å². The maximum atomic E-state index is 5.64. The van der Waals surface area contributed by atoms with Crippen molar-refractivity contribution in [3.63, 3.8) is 0 Å². The second-order valence-corrected chi connectivity index (χ2v) is 3.62. The molecular weight excluding hydrogens is 188 g/mol. The summed E-state index contributed by atoms with van der Waals surface area (Å²) in [6.07, 6.45) is 0. The van der Waals surface area contributed by atoms with Crippen LogP contribution in [0.25, 0.3) is 0 Å². The zero-order chi connectivity index (χ0) is 9.14. The van der Waals surface area contributed by atoms with Crippen molar-refractivity contribution in [1.29, 1.82) is 0 Å². The van der Waals surface area contributed by atoms with Gasteiger partial charge in [-0.25, -0.2) is 0 Å². The molecule has 0 radical (unpaired) electrons. The topological polar surface area (TPSA) is 0 Å². The average Bonchev–Trinajstić information content (AvgIpc) is 2.08. The van der Waals surface area contributed by atoms with Gasteiger partial charge in [-0.05, 0) is 30.5 Å². The Morgan fingerprint density at radius 3 is 2.50 bits per heavy atom. The monoisotopic (exact) mass is 198 g/mol. The van der Waals surface area contributed by atoms with Crippen molar-refractivity contribution in [2.24, 2.45) is 0 Å². The first-order valence-corrected chi connectivity index (χ1v) is 4.76. The lowest BCUT2D eigenvalue weighted by atomic mass is 10.1. The highest BCUT2D eigenvalue weighted by Gasteiger charge is 2.00.